The Labute approximate surface area is 430 Å². The highest BCUT2D eigenvalue weighted by molar-refractivity contribution is 6.12. The molecule has 0 spiro atoms. The minimum absolute atomic E-state index is 0.137. The van der Waals surface area contributed by atoms with Crippen LogP contribution in [0.15, 0.2) is 164 Å². The summed E-state index contributed by atoms with van der Waals surface area (Å²) in [5.74, 6) is 0. The van der Waals surface area contributed by atoms with Gasteiger partial charge in [0.2, 0.25) is 0 Å². The molecule has 9 aromatic carbocycles. The van der Waals surface area contributed by atoms with Crippen molar-refractivity contribution < 1.29 is 13.2 Å². The molecule has 0 unspecified atom stereocenters. The van der Waals surface area contributed by atoms with Crippen LogP contribution >= 0.6 is 0 Å². The second-order valence-electron chi connectivity index (χ2n) is 17.7. The Morgan fingerprint density at radius 2 is 0.803 bits per heavy atom. The lowest BCUT2D eigenvalue weighted by molar-refractivity contribution is -0.137. The number of fused-ring (bicyclic) bond motifs is 6. The normalized spacial score (nSPS) is 11.0. The monoisotopic (exact) mass is 980 g/mol. The zero-order chi connectivity index (χ0) is 53.0. The van der Waals surface area contributed by atoms with Crippen molar-refractivity contribution in [3.8, 4) is 104 Å². The van der Waals surface area contributed by atoms with Gasteiger partial charge in [-0.2, -0.15) is 55.3 Å². The molecule has 2 aromatic heterocycles. The van der Waals surface area contributed by atoms with Crippen LogP contribution in [0, 0.1) is 90.6 Å². The van der Waals surface area contributed by atoms with Crippen molar-refractivity contribution in [2.45, 2.75) is 6.18 Å². The third-order valence-corrected chi connectivity index (χ3v) is 13.6. The Hall–Kier alpha value is -11.7. The van der Waals surface area contributed by atoms with Gasteiger partial charge >= 0.3 is 6.18 Å². The number of nitriles is 8. The molecule has 350 valence electrons. The van der Waals surface area contributed by atoms with Gasteiger partial charge in [0.25, 0.3) is 0 Å². The molecule has 0 N–H and O–H groups in total. The SMILES string of the molecule is N#Cc1cc(C#N)c(-c2ccc3c(c2)c2ccccc2n3-c2ccc(C#N)c(-c3cc(-c4ccc(C#N)cc4C(F)(F)F)ccc3-n3c4ccccc4c4cc(-c5c(C#N)cc(C#N)cc5C#N)ccc43)c2)c(C#N)c1. The maximum Gasteiger partial charge on any atom is 0.417 e. The van der Waals surface area contributed by atoms with Crippen molar-refractivity contribution in [1.29, 1.82) is 42.1 Å². The number of aromatic nitrogens is 2. The van der Waals surface area contributed by atoms with Crippen LogP contribution in [0.25, 0.3) is 99.5 Å². The summed E-state index contributed by atoms with van der Waals surface area (Å²) in [7, 11) is 0. The summed E-state index contributed by atoms with van der Waals surface area (Å²) in [5.41, 5.74) is 6.36. The largest absolute Gasteiger partial charge is 0.417 e. The number of nitrogens with zero attached hydrogens (tertiary/aromatic N) is 10. The molecule has 0 saturated carbocycles. The maximum atomic E-state index is 15.0. The van der Waals surface area contributed by atoms with E-state index in [-0.39, 0.29) is 55.6 Å². The number of alkyl halides is 3. The molecular weight excluding hydrogens is 954 g/mol. The van der Waals surface area contributed by atoms with Gasteiger partial charge in [-0.25, -0.2) is 0 Å². The van der Waals surface area contributed by atoms with E-state index in [4.69, 9.17) is 0 Å². The Morgan fingerprint density at radius 1 is 0.329 bits per heavy atom. The van der Waals surface area contributed by atoms with Gasteiger partial charge in [0.1, 0.15) is 0 Å². The van der Waals surface area contributed by atoms with Crippen molar-refractivity contribution in [1.82, 2.24) is 9.13 Å². The average molecular weight is 981 g/mol. The first kappa shape index (κ1) is 46.7. The van der Waals surface area contributed by atoms with Crippen LogP contribution in [0.4, 0.5) is 13.2 Å². The number of para-hydroxylation sites is 2. The van der Waals surface area contributed by atoms with Gasteiger partial charge in [-0.05, 0) is 125 Å². The standard InChI is InChI=1S/C63H27F3N10/c64-63(65,66)55-23-36(28-67)9-15-48(55)39-11-16-60(76-57-8-4-2-6-50(57)53-26-41(13-18-59(53)76)62-45(34-73)21-38(30-69)22-46(62)35-74)54(24-39)51-27-47(14-10-42(51)31-70)75-56-7-3-1-5-49(56)52-25-40(12-17-58(52)75)61-43(32-71)19-37(29-68)20-44(61)33-72/h1-27H. The summed E-state index contributed by atoms with van der Waals surface area (Å²) in [6.45, 7) is 0. The van der Waals surface area contributed by atoms with E-state index in [1.54, 1.807) is 42.5 Å². The van der Waals surface area contributed by atoms with Gasteiger partial charge in [0.05, 0.1) is 126 Å². The van der Waals surface area contributed by atoms with Gasteiger partial charge in [-0.3, -0.25) is 0 Å². The lowest BCUT2D eigenvalue weighted by Crippen LogP contribution is -2.08. The van der Waals surface area contributed by atoms with Crippen molar-refractivity contribution in [3.63, 3.8) is 0 Å². The van der Waals surface area contributed by atoms with E-state index >= 15 is 0 Å². The van der Waals surface area contributed by atoms with Crippen LogP contribution in [-0.4, -0.2) is 9.13 Å². The smallest absolute Gasteiger partial charge is 0.309 e. The number of benzene rings is 9. The first-order chi connectivity index (χ1) is 36.9. The Bertz CT molecular complexity index is 4680. The van der Waals surface area contributed by atoms with E-state index < -0.39 is 11.7 Å². The molecule has 0 amide bonds. The molecule has 0 radical (unpaired) electrons. The third-order valence-electron chi connectivity index (χ3n) is 13.6. The van der Waals surface area contributed by atoms with Crippen molar-refractivity contribution in [2.24, 2.45) is 0 Å². The number of hydrogen-bond donors (Lipinski definition) is 0. The minimum Gasteiger partial charge on any atom is -0.309 e. The summed E-state index contributed by atoms with van der Waals surface area (Å²) in [4.78, 5) is 0. The first-order valence-corrected chi connectivity index (χ1v) is 23.1. The minimum atomic E-state index is -4.85. The summed E-state index contributed by atoms with van der Waals surface area (Å²) in [5, 5.41) is 83.7. The molecule has 76 heavy (non-hydrogen) atoms. The Kier molecular flexibility index (Phi) is 11.1. The predicted molar refractivity (Wildman–Crippen MR) is 280 cm³/mol. The molecule has 0 fully saturated rings. The highest BCUT2D eigenvalue weighted by Gasteiger charge is 2.34. The number of hydrogen-bond acceptors (Lipinski definition) is 8. The third kappa shape index (κ3) is 7.44. The molecule has 11 aromatic rings. The first-order valence-electron chi connectivity index (χ1n) is 23.1. The molecule has 13 heteroatoms. The summed E-state index contributed by atoms with van der Waals surface area (Å²) in [6, 6.07) is 62.2. The zero-order valence-corrected chi connectivity index (χ0v) is 39.2. The summed E-state index contributed by atoms with van der Waals surface area (Å²) < 4.78 is 48.9. The second kappa shape index (κ2) is 18.2. The van der Waals surface area contributed by atoms with Crippen LogP contribution in [-0.2, 0) is 6.18 Å². The second-order valence-corrected chi connectivity index (χ2v) is 17.7. The van der Waals surface area contributed by atoms with Crippen LogP contribution in [0.3, 0.4) is 0 Å². The molecule has 0 atom stereocenters. The molecular formula is C63H27F3N10. The molecule has 0 bridgehead atoms. The zero-order valence-electron chi connectivity index (χ0n) is 39.2. The van der Waals surface area contributed by atoms with Crippen LogP contribution in [0.5, 0.6) is 0 Å². The topological polar surface area (TPSA) is 200 Å². The van der Waals surface area contributed by atoms with Gasteiger partial charge in [-0.15, -0.1) is 0 Å². The Balaban J connectivity index is 1.19. The average Bonchev–Trinajstić information content (AvgIpc) is 4.00. The summed E-state index contributed by atoms with van der Waals surface area (Å²) in [6.07, 6.45) is -4.85. The predicted octanol–water partition coefficient (Wildman–Crippen LogP) is 14.5. The fourth-order valence-corrected chi connectivity index (χ4v) is 10.4. The highest BCUT2D eigenvalue weighted by atomic mass is 19.4. The lowest BCUT2D eigenvalue weighted by Gasteiger charge is -2.20. The summed E-state index contributed by atoms with van der Waals surface area (Å²) >= 11 is 0. The van der Waals surface area contributed by atoms with E-state index in [9.17, 15) is 55.3 Å². The van der Waals surface area contributed by atoms with Crippen molar-refractivity contribution >= 4 is 43.6 Å². The Morgan fingerprint density at radius 3 is 1.30 bits per heavy atom. The van der Waals surface area contributed by atoms with Gasteiger partial charge in [0.15, 0.2) is 0 Å². The van der Waals surface area contributed by atoms with E-state index in [0.29, 0.717) is 66.7 Å². The molecule has 0 aliphatic carbocycles. The molecule has 0 saturated heterocycles. The van der Waals surface area contributed by atoms with Gasteiger partial charge in [-0.1, -0.05) is 60.7 Å². The van der Waals surface area contributed by atoms with Crippen molar-refractivity contribution in [3.05, 3.63) is 214 Å². The van der Waals surface area contributed by atoms with Gasteiger partial charge in [0, 0.05) is 49.5 Å². The quantitative estimate of drug-likeness (QED) is 0.157. The van der Waals surface area contributed by atoms with Crippen LogP contribution < -0.4 is 0 Å². The van der Waals surface area contributed by atoms with E-state index in [1.165, 1.54) is 36.4 Å². The maximum absolute atomic E-state index is 15.0. The fraction of sp³-hybridized carbons (Fsp3) is 0.0159. The van der Waals surface area contributed by atoms with E-state index in [0.717, 1.165) is 27.7 Å². The van der Waals surface area contributed by atoms with E-state index in [2.05, 4.69) is 30.3 Å². The molecule has 10 nitrogen and oxygen atoms in total. The lowest BCUT2D eigenvalue weighted by atomic mass is 9.91. The molecule has 0 aliphatic rings. The van der Waals surface area contributed by atoms with Crippen LogP contribution in [0.2, 0.25) is 0 Å². The van der Waals surface area contributed by atoms with Gasteiger partial charge < -0.3 is 9.13 Å². The molecule has 2 heterocycles. The number of halogens is 3. The molecule has 0 aliphatic heterocycles. The van der Waals surface area contributed by atoms with E-state index in [1.807, 2.05) is 106 Å². The van der Waals surface area contributed by atoms with Crippen LogP contribution in [0.1, 0.15) is 50.1 Å². The highest BCUT2D eigenvalue weighted by Crippen LogP contribution is 2.45. The fourth-order valence-electron chi connectivity index (χ4n) is 10.4. The number of rotatable bonds is 6. The van der Waals surface area contributed by atoms with Crippen molar-refractivity contribution in [2.75, 3.05) is 0 Å². The molecule has 11 rings (SSSR count).